The summed E-state index contributed by atoms with van der Waals surface area (Å²) in [6, 6.07) is 10.7. The number of phenols is 1. The summed E-state index contributed by atoms with van der Waals surface area (Å²) < 4.78 is 18.9. The van der Waals surface area contributed by atoms with Gasteiger partial charge in [-0.25, -0.2) is 4.39 Å². The predicted molar refractivity (Wildman–Crippen MR) is 102 cm³/mol. The smallest absolute Gasteiger partial charge is 0.232 e. The van der Waals surface area contributed by atoms with E-state index in [1.54, 1.807) is 24.3 Å². The maximum atomic E-state index is 13.8. The lowest BCUT2D eigenvalue weighted by atomic mass is 9.77. The maximum absolute atomic E-state index is 13.8. The monoisotopic (exact) mass is 381 g/mol. The zero-order valence-electron chi connectivity index (χ0n) is 15.4. The van der Waals surface area contributed by atoms with E-state index < -0.39 is 11.7 Å². The van der Waals surface area contributed by atoms with Crippen LogP contribution in [-0.2, 0) is 9.59 Å². The number of amides is 1. The van der Waals surface area contributed by atoms with Crippen LogP contribution < -0.4 is 9.64 Å². The topological polar surface area (TPSA) is 66.8 Å². The summed E-state index contributed by atoms with van der Waals surface area (Å²) in [5, 5.41) is 9.87. The normalized spacial score (nSPS) is 19.6. The van der Waals surface area contributed by atoms with Gasteiger partial charge in [0, 0.05) is 30.0 Å². The Morgan fingerprint density at radius 2 is 1.96 bits per heavy atom. The average molecular weight is 381 g/mol. The summed E-state index contributed by atoms with van der Waals surface area (Å²) in [6.07, 6.45) is 1.75. The number of benzene rings is 2. The fraction of sp³-hybridized carbons (Fsp3) is 0.273. The number of anilines is 1. The Balaban J connectivity index is 1.86. The lowest BCUT2D eigenvalue weighted by Crippen LogP contribution is -2.40. The van der Waals surface area contributed by atoms with Crippen LogP contribution in [0.4, 0.5) is 10.1 Å². The number of rotatable bonds is 3. The minimum absolute atomic E-state index is 0.000975. The number of methoxy groups -OCH3 is 1. The van der Waals surface area contributed by atoms with Crippen molar-refractivity contribution in [3.05, 3.63) is 65.1 Å². The van der Waals surface area contributed by atoms with Crippen LogP contribution in [0, 0.1) is 5.82 Å². The molecule has 5 nitrogen and oxygen atoms in total. The van der Waals surface area contributed by atoms with Gasteiger partial charge in [0.25, 0.3) is 0 Å². The molecule has 2 aromatic carbocycles. The molecule has 6 heteroatoms. The van der Waals surface area contributed by atoms with Gasteiger partial charge in [-0.15, -0.1) is 0 Å². The lowest BCUT2D eigenvalue weighted by Gasteiger charge is -2.38. The van der Waals surface area contributed by atoms with Crippen molar-refractivity contribution in [1.82, 2.24) is 0 Å². The van der Waals surface area contributed by atoms with E-state index >= 15 is 0 Å². The van der Waals surface area contributed by atoms with Crippen molar-refractivity contribution in [2.45, 2.75) is 31.6 Å². The fourth-order valence-electron chi connectivity index (χ4n) is 4.10. The zero-order chi connectivity index (χ0) is 19.8. The van der Waals surface area contributed by atoms with Gasteiger partial charge in [-0.05, 0) is 48.7 Å². The highest BCUT2D eigenvalue weighted by atomic mass is 19.1. The molecular weight excluding hydrogens is 361 g/mol. The van der Waals surface area contributed by atoms with Crippen molar-refractivity contribution in [3.63, 3.8) is 0 Å². The third kappa shape index (κ3) is 3.05. The van der Waals surface area contributed by atoms with Crippen molar-refractivity contribution in [2.24, 2.45) is 0 Å². The molecule has 1 aliphatic heterocycles. The number of halogens is 1. The number of carbonyl (C=O) groups is 2. The molecule has 2 aliphatic rings. The molecule has 0 fully saturated rings. The number of carbonyl (C=O) groups excluding carboxylic acids is 2. The Labute approximate surface area is 162 Å². The Kier molecular flexibility index (Phi) is 4.63. The van der Waals surface area contributed by atoms with Gasteiger partial charge in [-0.3, -0.25) is 14.5 Å². The third-order valence-electron chi connectivity index (χ3n) is 5.35. The highest BCUT2D eigenvalue weighted by Crippen LogP contribution is 2.44. The molecule has 0 radical (unpaired) electrons. The molecule has 1 aliphatic carbocycles. The molecule has 4 rings (SSSR count). The van der Waals surface area contributed by atoms with E-state index in [0.717, 1.165) is 5.56 Å². The van der Waals surface area contributed by atoms with Gasteiger partial charge in [0.15, 0.2) is 17.3 Å². The Hall–Kier alpha value is -3.15. The number of aromatic hydroxyl groups is 1. The number of ketones is 1. The van der Waals surface area contributed by atoms with E-state index in [9.17, 15) is 19.1 Å². The molecule has 2 aromatic rings. The summed E-state index contributed by atoms with van der Waals surface area (Å²) in [4.78, 5) is 27.4. The van der Waals surface area contributed by atoms with E-state index in [4.69, 9.17) is 4.74 Å². The first-order valence-corrected chi connectivity index (χ1v) is 9.21. The van der Waals surface area contributed by atoms with Gasteiger partial charge < -0.3 is 9.84 Å². The Morgan fingerprint density at radius 3 is 2.71 bits per heavy atom. The summed E-state index contributed by atoms with van der Waals surface area (Å²) in [7, 11) is 1.45. The number of allylic oxidation sites excluding steroid dienone is 2. The Bertz CT molecular complexity index is 998. The number of hydrogen-bond acceptors (Lipinski definition) is 4. The molecule has 144 valence electrons. The van der Waals surface area contributed by atoms with Crippen molar-refractivity contribution in [3.8, 4) is 11.5 Å². The van der Waals surface area contributed by atoms with E-state index in [2.05, 4.69) is 0 Å². The van der Waals surface area contributed by atoms with Crippen molar-refractivity contribution >= 4 is 17.4 Å². The number of Topliss-reactive ketones (excluding diaryl/α,β-unsaturated/α-hetero) is 1. The van der Waals surface area contributed by atoms with Crippen LogP contribution in [0.25, 0.3) is 0 Å². The highest BCUT2D eigenvalue weighted by Gasteiger charge is 2.40. The van der Waals surface area contributed by atoms with Gasteiger partial charge >= 0.3 is 0 Å². The molecule has 0 saturated carbocycles. The number of phenolic OH excluding ortho intramolecular Hbond substituents is 1. The largest absolute Gasteiger partial charge is 0.504 e. The first-order chi connectivity index (χ1) is 13.5. The van der Waals surface area contributed by atoms with Gasteiger partial charge in [-0.2, -0.15) is 0 Å². The molecule has 1 amide bonds. The van der Waals surface area contributed by atoms with Crippen LogP contribution in [0.2, 0.25) is 0 Å². The fourth-order valence-corrected chi connectivity index (χ4v) is 4.10. The minimum Gasteiger partial charge on any atom is -0.504 e. The van der Waals surface area contributed by atoms with Crippen molar-refractivity contribution in [2.75, 3.05) is 12.0 Å². The van der Waals surface area contributed by atoms with Gasteiger partial charge in [-0.1, -0.05) is 12.1 Å². The summed E-state index contributed by atoms with van der Waals surface area (Å²) in [5.74, 6) is -0.722. The molecule has 28 heavy (non-hydrogen) atoms. The molecule has 0 bridgehead atoms. The summed E-state index contributed by atoms with van der Waals surface area (Å²) in [5.41, 5.74) is 2.43. The zero-order valence-corrected chi connectivity index (χ0v) is 15.4. The SMILES string of the molecule is COc1cc(C2CC(=O)N(c3cccc(F)c3)C3=C2C(=O)CCC3)ccc1O. The van der Waals surface area contributed by atoms with Gasteiger partial charge in [0.1, 0.15) is 5.82 Å². The number of nitrogens with zero attached hydrogens (tertiary/aromatic N) is 1. The first-order valence-electron chi connectivity index (χ1n) is 9.21. The Morgan fingerprint density at radius 1 is 1.14 bits per heavy atom. The molecule has 1 heterocycles. The van der Waals surface area contributed by atoms with E-state index in [1.165, 1.54) is 30.2 Å². The van der Waals surface area contributed by atoms with E-state index in [-0.39, 0.29) is 23.9 Å². The molecule has 1 unspecified atom stereocenters. The van der Waals surface area contributed by atoms with Gasteiger partial charge in [0.05, 0.1) is 12.8 Å². The standard InChI is InChI=1S/C22H20FNO4/c1-28-20-10-13(8-9-18(20)25)16-12-21(27)24(15-5-2-4-14(23)11-15)17-6-3-7-19(26)22(16)17/h2,4-5,8-11,16,25H,3,6-7,12H2,1H3. The molecule has 1 atom stereocenters. The van der Waals surface area contributed by atoms with Crippen LogP contribution >= 0.6 is 0 Å². The lowest BCUT2D eigenvalue weighted by molar-refractivity contribution is -0.119. The number of ether oxygens (including phenoxy) is 1. The molecule has 0 saturated heterocycles. The van der Waals surface area contributed by atoms with E-state index in [1.807, 2.05) is 0 Å². The van der Waals surface area contributed by atoms with Gasteiger partial charge in [0.2, 0.25) is 5.91 Å². The highest BCUT2D eigenvalue weighted by molar-refractivity contribution is 6.07. The second-order valence-electron chi connectivity index (χ2n) is 7.03. The van der Waals surface area contributed by atoms with Crippen molar-refractivity contribution < 1.29 is 23.8 Å². The maximum Gasteiger partial charge on any atom is 0.232 e. The van der Waals surface area contributed by atoms with E-state index in [0.29, 0.717) is 42.0 Å². The quantitative estimate of drug-likeness (QED) is 0.870. The predicted octanol–water partition coefficient (Wildman–Crippen LogP) is 4.07. The average Bonchev–Trinajstić information content (AvgIpc) is 2.68. The molecular formula is C22H20FNO4. The first kappa shape index (κ1) is 18.2. The summed E-state index contributed by atoms with van der Waals surface area (Å²) in [6.45, 7) is 0. The molecule has 1 N–H and O–H groups in total. The molecule has 0 aromatic heterocycles. The molecule has 0 spiro atoms. The van der Waals surface area contributed by atoms with Crippen LogP contribution in [0.1, 0.15) is 37.2 Å². The van der Waals surface area contributed by atoms with Crippen LogP contribution in [0.5, 0.6) is 11.5 Å². The van der Waals surface area contributed by atoms with Crippen molar-refractivity contribution in [1.29, 1.82) is 0 Å². The van der Waals surface area contributed by atoms with Crippen LogP contribution in [0.15, 0.2) is 53.7 Å². The van der Waals surface area contributed by atoms with Crippen LogP contribution in [0.3, 0.4) is 0 Å². The third-order valence-corrected chi connectivity index (χ3v) is 5.35. The summed E-state index contributed by atoms with van der Waals surface area (Å²) >= 11 is 0. The second-order valence-corrected chi connectivity index (χ2v) is 7.03. The second kappa shape index (κ2) is 7.11. The van der Waals surface area contributed by atoms with Crippen LogP contribution in [-0.4, -0.2) is 23.9 Å². The minimum atomic E-state index is -0.431. The number of hydrogen-bond donors (Lipinski definition) is 1.